The molecule has 0 atom stereocenters. The van der Waals surface area contributed by atoms with Gasteiger partial charge in [-0.2, -0.15) is 0 Å². The van der Waals surface area contributed by atoms with Gasteiger partial charge in [0.15, 0.2) is 0 Å². The molecule has 0 aliphatic rings. The summed E-state index contributed by atoms with van der Waals surface area (Å²) in [5.74, 6) is -0.695. The van der Waals surface area contributed by atoms with Crippen molar-refractivity contribution in [1.29, 1.82) is 0 Å². The number of anilines is 1. The van der Waals surface area contributed by atoms with Crippen LogP contribution in [0, 0.1) is 19.7 Å². The summed E-state index contributed by atoms with van der Waals surface area (Å²) in [7, 11) is 0. The van der Waals surface area contributed by atoms with Gasteiger partial charge in [0, 0.05) is 25.8 Å². The van der Waals surface area contributed by atoms with Crippen LogP contribution in [0.4, 0.5) is 14.9 Å². The molecule has 2 heterocycles. The Hall–Kier alpha value is -3.66. The lowest BCUT2D eigenvalue weighted by Gasteiger charge is -2.19. The van der Waals surface area contributed by atoms with Crippen LogP contribution in [-0.4, -0.2) is 53.3 Å². The van der Waals surface area contributed by atoms with Crippen molar-refractivity contribution in [2.45, 2.75) is 46.8 Å². The summed E-state index contributed by atoms with van der Waals surface area (Å²) in [6.45, 7) is 10.7. The Labute approximate surface area is 210 Å². The number of benzene rings is 1. The zero-order valence-electron chi connectivity index (χ0n) is 21.4. The number of alkyl carbamates (subject to hydrolysis) is 1. The Morgan fingerprint density at radius 2 is 1.81 bits per heavy atom. The molecular weight excluding hydrogens is 465 g/mol. The minimum Gasteiger partial charge on any atom is -0.444 e. The van der Waals surface area contributed by atoms with Crippen LogP contribution in [0.5, 0.6) is 0 Å². The fourth-order valence-electron chi connectivity index (χ4n) is 3.52. The summed E-state index contributed by atoms with van der Waals surface area (Å²) < 4.78 is 26.8. The van der Waals surface area contributed by atoms with E-state index in [0.29, 0.717) is 54.6 Å². The average Bonchev–Trinajstić information content (AvgIpc) is 3.11. The van der Waals surface area contributed by atoms with Gasteiger partial charge >= 0.3 is 6.09 Å². The van der Waals surface area contributed by atoms with Crippen molar-refractivity contribution >= 4 is 23.3 Å². The number of imidazole rings is 1. The fraction of sp³-hybridized carbons (Fsp3) is 0.423. The van der Waals surface area contributed by atoms with Gasteiger partial charge in [-0.1, -0.05) is 6.07 Å². The number of pyridine rings is 1. The number of carbonyl (C=O) groups is 2. The van der Waals surface area contributed by atoms with Crippen LogP contribution in [0.2, 0.25) is 0 Å². The highest BCUT2D eigenvalue weighted by atomic mass is 19.1. The van der Waals surface area contributed by atoms with Gasteiger partial charge < -0.3 is 25.4 Å². The molecule has 0 spiro atoms. The van der Waals surface area contributed by atoms with E-state index in [-0.39, 0.29) is 12.5 Å². The number of nitrogens with one attached hydrogen (secondary N) is 3. The summed E-state index contributed by atoms with van der Waals surface area (Å²) >= 11 is 0. The van der Waals surface area contributed by atoms with Crippen molar-refractivity contribution in [3.05, 3.63) is 64.9 Å². The van der Waals surface area contributed by atoms with E-state index in [1.807, 2.05) is 25.3 Å². The highest BCUT2D eigenvalue weighted by Crippen LogP contribution is 2.17. The molecule has 2 aromatic heterocycles. The maximum absolute atomic E-state index is 14.5. The molecule has 10 heteroatoms. The van der Waals surface area contributed by atoms with Crippen molar-refractivity contribution in [2.24, 2.45) is 0 Å². The van der Waals surface area contributed by atoms with Crippen LogP contribution < -0.4 is 16.0 Å². The third kappa shape index (κ3) is 7.67. The highest BCUT2D eigenvalue weighted by molar-refractivity contribution is 5.94. The molecule has 0 fully saturated rings. The summed E-state index contributed by atoms with van der Waals surface area (Å²) in [6, 6.07) is 8.60. The van der Waals surface area contributed by atoms with E-state index in [2.05, 4.69) is 20.9 Å². The van der Waals surface area contributed by atoms with E-state index >= 15 is 0 Å². The molecule has 0 aliphatic carbocycles. The van der Waals surface area contributed by atoms with Crippen LogP contribution in [0.25, 0.3) is 5.65 Å². The average molecular weight is 500 g/mol. The number of ether oxygens (including phenoxy) is 2. The van der Waals surface area contributed by atoms with Gasteiger partial charge in [0.25, 0.3) is 5.91 Å². The van der Waals surface area contributed by atoms with Crippen molar-refractivity contribution < 1.29 is 23.5 Å². The first-order valence-electron chi connectivity index (χ1n) is 11.8. The van der Waals surface area contributed by atoms with Crippen LogP contribution in [0.3, 0.4) is 0 Å². The number of rotatable bonds is 10. The SMILES string of the molecule is Cc1ccn2c(C(=O)NCc3ccc(NCCOCCNC(=O)OC(C)(C)C)c(F)c3)c(C)nc2c1. The number of aryl methyl sites for hydroxylation is 2. The summed E-state index contributed by atoms with van der Waals surface area (Å²) in [5.41, 5.74) is 3.30. The van der Waals surface area contributed by atoms with Crippen LogP contribution >= 0.6 is 0 Å². The number of aromatic nitrogens is 2. The largest absolute Gasteiger partial charge is 0.444 e. The zero-order valence-corrected chi connectivity index (χ0v) is 21.4. The second kappa shape index (κ2) is 11.9. The smallest absolute Gasteiger partial charge is 0.407 e. The first kappa shape index (κ1) is 26.9. The van der Waals surface area contributed by atoms with E-state index in [0.717, 1.165) is 5.56 Å². The number of nitrogens with zero attached hydrogens (tertiary/aromatic N) is 2. The zero-order chi connectivity index (χ0) is 26.3. The molecule has 0 bridgehead atoms. The molecule has 3 aromatic rings. The topological polar surface area (TPSA) is 106 Å². The summed E-state index contributed by atoms with van der Waals surface area (Å²) in [6.07, 6.45) is 1.33. The molecule has 9 nitrogen and oxygen atoms in total. The normalized spacial score (nSPS) is 11.4. The molecule has 3 N–H and O–H groups in total. The number of halogens is 1. The molecule has 0 radical (unpaired) electrons. The molecular formula is C26H34FN5O4. The lowest BCUT2D eigenvalue weighted by atomic mass is 10.2. The number of hydrogen-bond donors (Lipinski definition) is 3. The lowest BCUT2D eigenvalue weighted by Crippen LogP contribution is -2.34. The van der Waals surface area contributed by atoms with Gasteiger partial charge in [-0.25, -0.2) is 14.2 Å². The van der Waals surface area contributed by atoms with Crippen LogP contribution in [-0.2, 0) is 16.0 Å². The van der Waals surface area contributed by atoms with Gasteiger partial charge in [-0.3, -0.25) is 9.20 Å². The number of fused-ring (bicyclic) bond motifs is 1. The van der Waals surface area contributed by atoms with E-state index < -0.39 is 17.5 Å². The third-order valence-electron chi connectivity index (χ3n) is 5.13. The van der Waals surface area contributed by atoms with Crippen LogP contribution in [0.1, 0.15) is 48.1 Å². The van der Waals surface area contributed by atoms with E-state index in [1.165, 1.54) is 6.07 Å². The quantitative estimate of drug-likeness (QED) is 0.365. The Balaban J connectivity index is 1.41. The second-order valence-electron chi connectivity index (χ2n) is 9.44. The number of hydrogen-bond acceptors (Lipinski definition) is 6. The van der Waals surface area contributed by atoms with Crippen molar-refractivity contribution in [1.82, 2.24) is 20.0 Å². The Kier molecular flexibility index (Phi) is 8.87. The van der Waals surface area contributed by atoms with Crippen LogP contribution in [0.15, 0.2) is 36.5 Å². The molecule has 3 rings (SSSR count). The summed E-state index contributed by atoms with van der Waals surface area (Å²) in [5, 5.41) is 8.43. The fourth-order valence-corrected chi connectivity index (χ4v) is 3.52. The van der Waals surface area contributed by atoms with Crippen molar-refractivity contribution in [3.63, 3.8) is 0 Å². The lowest BCUT2D eigenvalue weighted by molar-refractivity contribution is 0.0502. The molecule has 0 aliphatic heterocycles. The predicted molar refractivity (Wildman–Crippen MR) is 136 cm³/mol. The van der Waals surface area contributed by atoms with E-state index in [4.69, 9.17) is 9.47 Å². The van der Waals surface area contributed by atoms with Gasteiger partial charge in [0.2, 0.25) is 0 Å². The molecule has 0 saturated heterocycles. The molecule has 0 saturated carbocycles. The first-order chi connectivity index (χ1) is 17.0. The van der Waals surface area contributed by atoms with Gasteiger partial charge in [0.1, 0.15) is 22.8 Å². The maximum Gasteiger partial charge on any atom is 0.407 e. The van der Waals surface area contributed by atoms with Gasteiger partial charge in [-0.05, 0) is 70.0 Å². The molecule has 2 amide bonds. The van der Waals surface area contributed by atoms with E-state index in [1.54, 1.807) is 44.2 Å². The summed E-state index contributed by atoms with van der Waals surface area (Å²) in [4.78, 5) is 28.8. The van der Waals surface area contributed by atoms with Crippen molar-refractivity contribution in [3.8, 4) is 0 Å². The number of carbonyl (C=O) groups excluding carboxylic acids is 2. The highest BCUT2D eigenvalue weighted by Gasteiger charge is 2.17. The minimum absolute atomic E-state index is 0.183. The molecule has 194 valence electrons. The Bertz CT molecular complexity index is 1220. The third-order valence-corrected chi connectivity index (χ3v) is 5.13. The minimum atomic E-state index is -0.548. The predicted octanol–water partition coefficient (Wildman–Crippen LogP) is 3.97. The van der Waals surface area contributed by atoms with Gasteiger partial charge in [-0.15, -0.1) is 0 Å². The monoisotopic (exact) mass is 499 g/mol. The molecule has 1 aromatic carbocycles. The number of amides is 2. The van der Waals surface area contributed by atoms with Gasteiger partial charge in [0.05, 0.1) is 24.6 Å². The standard InChI is InChI=1S/C26H34FN5O4/c1-17-8-11-32-22(14-17)31-18(2)23(32)24(33)30-16-19-6-7-21(20(27)15-19)28-9-12-35-13-10-29-25(34)36-26(3,4)5/h6-8,11,14-15,28H,9-10,12-13,16H2,1-5H3,(H,29,34)(H,30,33). The first-order valence-corrected chi connectivity index (χ1v) is 11.8. The van der Waals surface area contributed by atoms with E-state index in [9.17, 15) is 14.0 Å². The molecule has 0 unspecified atom stereocenters. The second-order valence-corrected chi connectivity index (χ2v) is 9.44. The Morgan fingerprint density at radius 3 is 2.53 bits per heavy atom. The Morgan fingerprint density at radius 1 is 1.06 bits per heavy atom. The maximum atomic E-state index is 14.5. The van der Waals surface area contributed by atoms with Crippen molar-refractivity contribution in [2.75, 3.05) is 31.6 Å². The molecule has 36 heavy (non-hydrogen) atoms.